The lowest BCUT2D eigenvalue weighted by Crippen LogP contribution is -2.21. The fraction of sp³-hybridized carbons (Fsp3) is 0.278. The molecule has 3 rings (SSSR count). The molecule has 0 unspecified atom stereocenters. The smallest absolute Gasteiger partial charge is 0.332 e. The van der Waals surface area contributed by atoms with Crippen LogP contribution < -0.4 is 10.6 Å². The number of hydrogen-bond acceptors (Lipinski definition) is 1. The van der Waals surface area contributed by atoms with Gasteiger partial charge in [0.05, 0.1) is 5.56 Å². The zero-order chi connectivity index (χ0) is 17.2. The number of aryl methyl sites for hydroxylation is 1. The molecule has 0 saturated heterocycles. The van der Waals surface area contributed by atoms with E-state index in [9.17, 15) is 13.2 Å². The molecule has 0 heterocycles. The van der Waals surface area contributed by atoms with E-state index in [2.05, 4.69) is 16.7 Å². The monoisotopic (exact) mass is 350 g/mol. The molecule has 0 radical (unpaired) electrons. The Morgan fingerprint density at radius 1 is 0.917 bits per heavy atom. The van der Waals surface area contributed by atoms with E-state index in [1.54, 1.807) is 0 Å². The quantitative estimate of drug-likeness (QED) is 0.710. The van der Waals surface area contributed by atoms with Crippen molar-refractivity contribution in [3.05, 3.63) is 59.2 Å². The van der Waals surface area contributed by atoms with Crippen molar-refractivity contribution in [1.29, 1.82) is 0 Å². The molecule has 126 valence electrons. The molecule has 0 fully saturated rings. The minimum Gasteiger partial charge on any atom is -0.332 e. The number of alkyl halides is 3. The molecule has 24 heavy (non-hydrogen) atoms. The molecule has 0 aromatic heterocycles. The molecule has 0 spiro atoms. The Bertz CT molecular complexity index is 739. The largest absolute Gasteiger partial charge is 0.416 e. The van der Waals surface area contributed by atoms with Crippen molar-refractivity contribution < 1.29 is 13.2 Å². The summed E-state index contributed by atoms with van der Waals surface area (Å²) in [6, 6.07) is 10.9. The summed E-state index contributed by atoms with van der Waals surface area (Å²) in [6.07, 6.45) is 0.112. The Balaban J connectivity index is 1.68. The lowest BCUT2D eigenvalue weighted by molar-refractivity contribution is -0.137. The second kappa shape index (κ2) is 6.81. The summed E-state index contributed by atoms with van der Waals surface area (Å²) in [4.78, 5) is 0. The molecule has 2 aromatic carbocycles. The summed E-state index contributed by atoms with van der Waals surface area (Å²) in [6.45, 7) is 0. The van der Waals surface area contributed by atoms with Crippen LogP contribution in [-0.2, 0) is 19.0 Å². The van der Waals surface area contributed by atoms with Crippen LogP contribution in [0.4, 0.5) is 24.5 Å². The minimum atomic E-state index is -4.33. The van der Waals surface area contributed by atoms with E-state index in [1.165, 1.54) is 29.7 Å². The van der Waals surface area contributed by atoms with E-state index in [4.69, 9.17) is 12.2 Å². The number of thiocarbonyl (C=S) groups is 1. The van der Waals surface area contributed by atoms with Crippen molar-refractivity contribution in [3.63, 3.8) is 0 Å². The molecule has 0 aliphatic heterocycles. The van der Waals surface area contributed by atoms with Crippen molar-refractivity contribution in [2.24, 2.45) is 0 Å². The number of hydrogen-bond donors (Lipinski definition) is 2. The molecule has 2 N–H and O–H groups in total. The molecule has 0 atom stereocenters. The van der Waals surface area contributed by atoms with Gasteiger partial charge in [-0.15, -0.1) is 0 Å². The number of rotatable bonds is 2. The van der Waals surface area contributed by atoms with Crippen molar-refractivity contribution in [2.45, 2.75) is 31.9 Å². The van der Waals surface area contributed by atoms with Crippen molar-refractivity contribution in [2.75, 3.05) is 10.6 Å². The molecule has 0 amide bonds. The van der Waals surface area contributed by atoms with Gasteiger partial charge in [0.2, 0.25) is 0 Å². The highest BCUT2D eigenvalue weighted by Crippen LogP contribution is 2.30. The van der Waals surface area contributed by atoms with Crippen LogP contribution in [-0.4, -0.2) is 5.11 Å². The van der Waals surface area contributed by atoms with Gasteiger partial charge in [-0.05, 0) is 79.4 Å². The first-order chi connectivity index (χ1) is 11.4. The fourth-order valence-corrected chi connectivity index (χ4v) is 3.15. The van der Waals surface area contributed by atoms with Crippen LogP contribution in [0, 0.1) is 0 Å². The average molecular weight is 350 g/mol. The van der Waals surface area contributed by atoms with Crippen LogP contribution >= 0.6 is 12.2 Å². The molecule has 6 heteroatoms. The third-order valence-corrected chi connectivity index (χ3v) is 4.32. The average Bonchev–Trinajstić information content (AvgIpc) is 2.55. The highest BCUT2D eigenvalue weighted by atomic mass is 32.1. The van der Waals surface area contributed by atoms with Crippen LogP contribution in [0.1, 0.15) is 29.5 Å². The second-order valence-electron chi connectivity index (χ2n) is 5.80. The van der Waals surface area contributed by atoms with Gasteiger partial charge < -0.3 is 10.6 Å². The third kappa shape index (κ3) is 3.87. The summed E-state index contributed by atoms with van der Waals surface area (Å²) < 4.78 is 37.7. The van der Waals surface area contributed by atoms with E-state index in [0.29, 0.717) is 10.8 Å². The zero-order valence-corrected chi connectivity index (χ0v) is 13.7. The van der Waals surface area contributed by atoms with Crippen LogP contribution in [0.15, 0.2) is 42.5 Å². The highest BCUT2D eigenvalue weighted by Gasteiger charge is 2.29. The second-order valence-corrected chi connectivity index (χ2v) is 6.21. The fourth-order valence-electron chi connectivity index (χ4n) is 2.93. The van der Waals surface area contributed by atoms with E-state index in [1.807, 2.05) is 12.1 Å². The summed E-state index contributed by atoms with van der Waals surface area (Å²) in [5.74, 6) is 0. The SMILES string of the molecule is FC(F)(F)c1ccc(NC(=S)Nc2cccc3c2CCCC3)cc1. The van der Waals surface area contributed by atoms with Gasteiger partial charge in [-0.2, -0.15) is 13.2 Å². The van der Waals surface area contributed by atoms with Crippen LogP contribution in [0.5, 0.6) is 0 Å². The first-order valence-corrected chi connectivity index (χ1v) is 8.20. The molecule has 2 nitrogen and oxygen atoms in total. The molecular weight excluding hydrogens is 333 g/mol. The topological polar surface area (TPSA) is 24.1 Å². The molecule has 1 aliphatic carbocycles. The summed E-state index contributed by atoms with van der Waals surface area (Å²) >= 11 is 5.28. The maximum Gasteiger partial charge on any atom is 0.416 e. The predicted molar refractivity (Wildman–Crippen MR) is 94.4 cm³/mol. The van der Waals surface area contributed by atoms with Gasteiger partial charge in [0.1, 0.15) is 0 Å². The summed E-state index contributed by atoms with van der Waals surface area (Å²) in [7, 11) is 0. The van der Waals surface area contributed by atoms with Crippen molar-refractivity contribution in [3.8, 4) is 0 Å². The number of nitrogens with one attached hydrogen (secondary N) is 2. The van der Waals surface area contributed by atoms with Crippen LogP contribution in [0.3, 0.4) is 0 Å². The minimum absolute atomic E-state index is 0.369. The summed E-state index contributed by atoms with van der Waals surface area (Å²) in [5, 5.41) is 6.46. The van der Waals surface area contributed by atoms with Gasteiger partial charge in [0.15, 0.2) is 5.11 Å². The third-order valence-electron chi connectivity index (χ3n) is 4.11. The Morgan fingerprint density at radius 3 is 2.33 bits per heavy atom. The van der Waals surface area contributed by atoms with Crippen molar-refractivity contribution in [1.82, 2.24) is 0 Å². The number of anilines is 2. The Morgan fingerprint density at radius 2 is 1.62 bits per heavy atom. The number of fused-ring (bicyclic) bond motifs is 1. The van der Waals surface area contributed by atoms with Gasteiger partial charge in [-0.3, -0.25) is 0 Å². The summed E-state index contributed by atoms with van der Waals surface area (Å²) in [5.41, 5.74) is 3.43. The molecule has 1 aliphatic rings. The maximum atomic E-state index is 12.6. The Labute approximate surface area is 144 Å². The van der Waals surface area contributed by atoms with Gasteiger partial charge in [0.25, 0.3) is 0 Å². The number of benzene rings is 2. The Hall–Kier alpha value is -2.08. The molecule has 2 aromatic rings. The first kappa shape index (κ1) is 16.8. The van der Waals surface area contributed by atoms with Gasteiger partial charge in [-0.1, -0.05) is 12.1 Å². The first-order valence-electron chi connectivity index (χ1n) is 7.79. The molecule has 0 bridgehead atoms. The van der Waals surface area contributed by atoms with Gasteiger partial charge in [0, 0.05) is 11.4 Å². The van der Waals surface area contributed by atoms with Gasteiger partial charge >= 0.3 is 6.18 Å². The van der Waals surface area contributed by atoms with Crippen molar-refractivity contribution >= 4 is 28.7 Å². The van der Waals surface area contributed by atoms with E-state index in [0.717, 1.165) is 37.1 Å². The van der Waals surface area contributed by atoms with Gasteiger partial charge in [-0.25, -0.2) is 0 Å². The lowest BCUT2D eigenvalue weighted by Gasteiger charge is -2.20. The molecular formula is C18H17F3N2S. The zero-order valence-electron chi connectivity index (χ0n) is 12.9. The highest BCUT2D eigenvalue weighted by molar-refractivity contribution is 7.80. The Kier molecular flexibility index (Phi) is 4.76. The van der Waals surface area contributed by atoms with Crippen LogP contribution in [0.2, 0.25) is 0 Å². The van der Waals surface area contributed by atoms with E-state index < -0.39 is 11.7 Å². The lowest BCUT2D eigenvalue weighted by atomic mass is 9.90. The van der Waals surface area contributed by atoms with E-state index >= 15 is 0 Å². The van der Waals surface area contributed by atoms with Crippen LogP contribution in [0.25, 0.3) is 0 Å². The maximum absolute atomic E-state index is 12.6. The molecule has 0 saturated carbocycles. The predicted octanol–water partition coefficient (Wildman–Crippen LogP) is 5.39. The normalized spacial score (nSPS) is 14.0. The van der Waals surface area contributed by atoms with E-state index in [-0.39, 0.29) is 0 Å². The standard InChI is InChI=1S/C18H17F3N2S/c19-18(20,21)13-8-10-14(11-9-13)22-17(24)23-16-7-3-5-12-4-1-2-6-15(12)16/h3,5,7-11H,1-2,4,6H2,(H2,22,23,24). The number of halogens is 3.